The van der Waals surface area contributed by atoms with Crippen molar-refractivity contribution < 1.29 is 14.3 Å². The molecule has 148 valence electrons. The molecule has 0 spiro atoms. The van der Waals surface area contributed by atoms with E-state index >= 15 is 0 Å². The summed E-state index contributed by atoms with van der Waals surface area (Å²) in [4.78, 5) is 28.5. The molecule has 1 amide bonds. The third-order valence-corrected chi connectivity index (χ3v) is 6.65. The Kier molecular flexibility index (Phi) is 7.18. The molecule has 1 unspecified atom stereocenters. The van der Waals surface area contributed by atoms with Crippen LogP contribution in [0.15, 0.2) is 57.9 Å². The Morgan fingerprint density at radius 3 is 2.25 bits per heavy atom. The number of hydrogen-bond donors (Lipinski definition) is 0. The molecule has 0 aromatic heterocycles. The number of piperidine rings is 1. The van der Waals surface area contributed by atoms with Gasteiger partial charge in [0.25, 0.3) is 0 Å². The lowest BCUT2D eigenvalue weighted by molar-refractivity contribution is -0.131. The number of carbonyl (C=O) groups excluding carboxylic acids is 2. The van der Waals surface area contributed by atoms with Crippen molar-refractivity contribution in [3.05, 3.63) is 58.6 Å². The highest BCUT2D eigenvalue weighted by Crippen LogP contribution is 2.28. The lowest BCUT2D eigenvalue weighted by Crippen LogP contribution is -2.43. The van der Waals surface area contributed by atoms with Crippen LogP contribution < -0.4 is 4.74 Å². The van der Waals surface area contributed by atoms with Gasteiger partial charge in [-0.1, -0.05) is 15.9 Å². The maximum absolute atomic E-state index is 12.8. The van der Waals surface area contributed by atoms with Crippen molar-refractivity contribution in [2.75, 3.05) is 20.2 Å². The first kappa shape index (κ1) is 20.9. The summed E-state index contributed by atoms with van der Waals surface area (Å²) in [6, 6.07) is 15.2. The molecule has 1 aliphatic rings. The van der Waals surface area contributed by atoms with Gasteiger partial charge in [0.2, 0.25) is 5.91 Å². The van der Waals surface area contributed by atoms with Gasteiger partial charge >= 0.3 is 0 Å². The smallest absolute Gasteiger partial charge is 0.235 e. The molecule has 0 aliphatic carbocycles. The van der Waals surface area contributed by atoms with E-state index in [-0.39, 0.29) is 22.9 Å². The fourth-order valence-corrected chi connectivity index (χ4v) is 4.59. The van der Waals surface area contributed by atoms with Crippen LogP contribution in [-0.2, 0) is 4.79 Å². The summed E-state index contributed by atoms with van der Waals surface area (Å²) in [6.45, 7) is 3.22. The second-order valence-electron chi connectivity index (χ2n) is 6.91. The number of rotatable bonds is 6. The van der Waals surface area contributed by atoms with Crippen molar-refractivity contribution in [3.8, 4) is 5.75 Å². The molecule has 1 fully saturated rings. The van der Waals surface area contributed by atoms with E-state index in [9.17, 15) is 9.59 Å². The number of ketones is 1. The summed E-state index contributed by atoms with van der Waals surface area (Å²) < 4.78 is 6.17. The minimum atomic E-state index is -0.144. The number of carbonyl (C=O) groups is 2. The van der Waals surface area contributed by atoms with Crippen molar-refractivity contribution in [2.45, 2.75) is 29.9 Å². The molecule has 3 rings (SSSR count). The summed E-state index contributed by atoms with van der Waals surface area (Å²) >= 11 is 5.00. The average molecular weight is 462 g/mol. The first-order chi connectivity index (χ1) is 13.5. The van der Waals surface area contributed by atoms with E-state index in [1.807, 2.05) is 60.4 Å². The Labute approximate surface area is 178 Å². The van der Waals surface area contributed by atoms with E-state index in [1.165, 1.54) is 0 Å². The number of hydrogen-bond acceptors (Lipinski definition) is 4. The number of halogens is 1. The number of thioether (sulfide) groups is 1. The normalized spacial score (nSPS) is 15.9. The molecule has 1 heterocycles. The lowest BCUT2D eigenvalue weighted by Gasteiger charge is -2.33. The van der Waals surface area contributed by atoms with Gasteiger partial charge in [0.1, 0.15) is 5.75 Å². The average Bonchev–Trinajstić information content (AvgIpc) is 2.74. The van der Waals surface area contributed by atoms with E-state index in [0.717, 1.165) is 15.1 Å². The fourth-order valence-electron chi connectivity index (χ4n) is 3.38. The van der Waals surface area contributed by atoms with Crippen molar-refractivity contribution in [3.63, 3.8) is 0 Å². The number of methoxy groups -OCH3 is 1. The van der Waals surface area contributed by atoms with Crippen LogP contribution in [0, 0.1) is 5.92 Å². The molecular formula is C22H24BrNO3S. The van der Waals surface area contributed by atoms with E-state index in [2.05, 4.69) is 15.9 Å². The zero-order valence-corrected chi connectivity index (χ0v) is 18.5. The standard InChI is InChI=1S/C22H24BrNO3S/c1-15(28-20-9-5-18(23)6-10-20)22(26)24-13-11-17(12-14-24)21(25)16-3-7-19(27-2)8-4-16/h3-10,15,17H,11-14H2,1-2H3. The zero-order chi connectivity index (χ0) is 20.1. The van der Waals surface area contributed by atoms with E-state index < -0.39 is 0 Å². The zero-order valence-electron chi connectivity index (χ0n) is 16.1. The summed E-state index contributed by atoms with van der Waals surface area (Å²) in [6.07, 6.45) is 1.43. The molecule has 6 heteroatoms. The Morgan fingerprint density at radius 2 is 1.68 bits per heavy atom. The molecule has 0 radical (unpaired) electrons. The van der Waals surface area contributed by atoms with Crippen LogP contribution in [0.1, 0.15) is 30.1 Å². The molecule has 2 aromatic rings. The largest absolute Gasteiger partial charge is 0.497 e. The van der Waals surface area contributed by atoms with Gasteiger partial charge in [-0.25, -0.2) is 0 Å². The van der Waals surface area contributed by atoms with Gasteiger partial charge in [-0.3, -0.25) is 9.59 Å². The minimum Gasteiger partial charge on any atom is -0.497 e. The van der Waals surface area contributed by atoms with Crippen LogP contribution in [-0.4, -0.2) is 42.0 Å². The van der Waals surface area contributed by atoms with Crippen molar-refractivity contribution in [2.24, 2.45) is 5.92 Å². The van der Waals surface area contributed by atoms with Crippen molar-refractivity contribution >= 4 is 39.4 Å². The first-order valence-corrected chi connectivity index (χ1v) is 11.0. The third-order valence-electron chi connectivity index (χ3n) is 5.03. The van der Waals surface area contributed by atoms with Gasteiger partial charge in [-0.15, -0.1) is 11.8 Å². The van der Waals surface area contributed by atoms with Crippen LogP contribution in [0.2, 0.25) is 0 Å². The highest BCUT2D eigenvalue weighted by molar-refractivity contribution is 9.10. The molecule has 0 bridgehead atoms. The first-order valence-electron chi connectivity index (χ1n) is 9.37. The van der Waals surface area contributed by atoms with Crippen LogP contribution in [0.25, 0.3) is 0 Å². The third kappa shape index (κ3) is 5.17. The second-order valence-corrected chi connectivity index (χ2v) is 9.24. The number of Topliss-reactive ketones (excluding diaryl/α,β-unsaturated/α-hetero) is 1. The number of benzene rings is 2. The van der Waals surface area contributed by atoms with Gasteiger partial charge in [0.05, 0.1) is 12.4 Å². The summed E-state index contributed by atoms with van der Waals surface area (Å²) in [5, 5.41) is -0.144. The molecule has 1 aliphatic heterocycles. The highest BCUT2D eigenvalue weighted by Gasteiger charge is 2.30. The van der Waals surface area contributed by atoms with E-state index in [1.54, 1.807) is 18.9 Å². The van der Waals surface area contributed by atoms with Crippen LogP contribution in [0.3, 0.4) is 0 Å². The second kappa shape index (κ2) is 9.61. The number of nitrogens with zero attached hydrogens (tertiary/aromatic N) is 1. The lowest BCUT2D eigenvalue weighted by atomic mass is 9.89. The maximum atomic E-state index is 12.8. The minimum absolute atomic E-state index is 0.0214. The molecule has 28 heavy (non-hydrogen) atoms. The molecule has 1 saturated heterocycles. The number of ether oxygens (including phenoxy) is 1. The number of likely N-dealkylation sites (tertiary alicyclic amines) is 1. The summed E-state index contributed by atoms with van der Waals surface area (Å²) in [5.41, 5.74) is 0.713. The molecule has 4 nitrogen and oxygen atoms in total. The molecule has 2 aromatic carbocycles. The van der Waals surface area contributed by atoms with E-state index in [0.29, 0.717) is 31.5 Å². The van der Waals surface area contributed by atoms with Gasteiger partial charge < -0.3 is 9.64 Å². The molecule has 1 atom stereocenters. The van der Waals surface area contributed by atoms with Gasteiger partial charge in [0, 0.05) is 33.9 Å². The Balaban J connectivity index is 1.52. The molecule has 0 saturated carbocycles. The Bertz CT molecular complexity index is 815. The van der Waals surface area contributed by atoms with Gasteiger partial charge in [0.15, 0.2) is 5.78 Å². The molecular weight excluding hydrogens is 438 g/mol. The summed E-state index contributed by atoms with van der Waals surface area (Å²) in [7, 11) is 1.61. The van der Waals surface area contributed by atoms with Crippen molar-refractivity contribution in [1.82, 2.24) is 4.90 Å². The van der Waals surface area contributed by atoms with Crippen LogP contribution in [0.5, 0.6) is 5.75 Å². The number of amides is 1. The SMILES string of the molecule is COc1ccc(C(=O)C2CCN(C(=O)C(C)Sc3ccc(Br)cc3)CC2)cc1. The maximum Gasteiger partial charge on any atom is 0.235 e. The highest BCUT2D eigenvalue weighted by atomic mass is 79.9. The predicted molar refractivity (Wildman–Crippen MR) is 116 cm³/mol. The Hall–Kier alpha value is -1.79. The van der Waals surface area contributed by atoms with Gasteiger partial charge in [-0.05, 0) is 68.3 Å². The quantitative estimate of drug-likeness (QED) is 0.445. The Morgan fingerprint density at radius 1 is 1.07 bits per heavy atom. The van der Waals surface area contributed by atoms with Crippen molar-refractivity contribution in [1.29, 1.82) is 0 Å². The van der Waals surface area contributed by atoms with Crippen LogP contribution >= 0.6 is 27.7 Å². The topological polar surface area (TPSA) is 46.6 Å². The predicted octanol–water partition coefficient (Wildman–Crippen LogP) is 5.06. The van der Waals surface area contributed by atoms with Crippen LogP contribution in [0.4, 0.5) is 0 Å². The van der Waals surface area contributed by atoms with Gasteiger partial charge in [-0.2, -0.15) is 0 Å². The summed E-state index contributed by atoms with van der Waals surface area (Å²) in [5.74, 6) is 1.02. The monoisotopic (exact) mass is 461 g/mol. The fraction of sp³-hybridized carbons (Fsp3) is 0.364. The molecule has 0 N–H and O–H groups in total. The van der Waals surface area contributed by atoms with E-state index in [4.69, 9.17) is 4.74 Å².